The minimum atomic E-state index is -0.174. The number of carbonyl (C=O) groups excluding carboxylic acids is 1. The summed E-state index contributed by atoms with van der Waals surface area (Å²) in [4.78, 5) is 19.9. The van der Waals surface area contributed by atoms with E-state index in [1.54, 1.807) is 11.8 Å². The molecule has 0 aliphatic carbocycles. The molecule has 6 heteroatoms. The first-order valence-corrected chi connectivity index (χ1v) is 9.86. The van der Waals surface area contributed by atoms with Crippen molar-refractivity contribution in [2.45, 2.75) is 50.1 Å². The summed E-state index contributed by atoms with van der Waals surface area (Å²) < 4.78 is 1.50. The molecule has 0 spiro atoms. The predicted octanol–water partition coefficient (Wildman–Crippen LogP) is 3.48. The SMILES string of the molecule is Cc1ccc(C(C2Sc3nc(C)nn3C2=O)N2CCC(C)CC2)cc1. The molecule has 5 nitrogen and oxygen atoms in total. The fraction of sp³-hybridized carbons (Fsp3) is 0.526. The number of rotatable bonds is 3. The van der Waals surface area contributed by atoms with Gasteiger partial charge in [0.2, 0.25) is 0 Å². The molecule has 0 radical (unpaired) electrons. The molecule has 1 fully saturated rings. The van der Waals surface area contributed by atoms with E-state index in [1.165, 1.54) is 28.7 Å². The monoisotopic (exact) mass is 356 g/mol. The predicted molar refractivity (Wildman–Crippen MR) is 98.9 cm³/mol. The summed E-state index contributed by atoms with van der Waals surface area (Å²) in [5, 5.41) is 4.84. The highest BCUT2D eigenvalue weighted by molar-refractivity contribution is 8.00. The average Bonchev–Trinajstić information content (AvgIpc) is 3.09. The summed E-state index contributed by atoms with van der Waals surface area (Å²) in [6.07, 6.45) is 2.38. The van der Waals surface area contributed by atoms with E-state index in [2.05, 4.69) is 53.1 Å². The number of likely N-dealkylation sites (tertiary alicyclic amines) is 1. The van der Waals surface area contributed by atoms with Gasteiger partial charge in [0.1, 0.15) is 11.1 Å². The summed E-state index contributed by atoms with van der Waals surface area (Å²) in [6.45, 7) is 8.32. The van der Waals surface area contributed by atoms with E-state index in [4.69, 9.17) is 0 Å². The molecular formula is C19H24N4OS. The summed E-state index contributed by atoms with van der Waals surface area (Å²) in [5.74, 6) is 1.49. The van der Waals surface area contributed by atoms with Crippen LogP contribution < -0.4 is 0 Å². The third-order valence-electron chi connectivity index (χ3n) is 5.29. The van der Waals surface area contributed by atoms with Crippen molar-refractivity contribution in [1.82, 2.24) is 19.7 Å². The zero-order valence-corrected chi connectivity index (χ0v) is 15.8. The lowest BCUT2D eigenvalue weighted by Gasteiger charge is -2.38. The Balaban J connectivity index is 1.67. The number of piperidine rings is 1. The van der Waals surface area contributed by atoms with Crippen molar-refractivity contribution in [3.63, 3.8) is 0 Å². The van der Waals surface area contributed by atoms with Crippen LogP contribution >= 0.6 is 11.8 Å². The molecule has 0 amide bonds. The smallest absolute Gasteiger partial charge is 0.264 e. The number of aromatic nitrogens is 3. The van der Waals surface area contributed by atoms with Gasteiger partial charge in [-0.05, 0) is 51.3 Å². The van der Waals surface area contributed by atoms with E-state index in [-0.39, 0.29) is 17.2 Å². The van der Waals surface area contributed by atoms with Crippen molar-refractivity contribution in [2.24, 2.45) is 5.92 Å². The van der Waals surface area contributed by atoms with Crippen LogP contribution in [0.15, 0.2) is 29.4 Å². The van der Waals surface area contributed by atoms with Crippen LogP contribution in [0.25, 0.3) is 0 Å². The van der Waals surface area contributed by atoms with Gasteiger partial charge in [-0.3, -0.25) is 9.69 Å². The standard InChI is InChI=1S/C19H24N4OS/c1-12-4-6-15(7-5-12)16(22-10-8-13(2)9-11-22)17-18(24)23-19(25-17)20-14(3)21-23/h4-7,13,16-17H,8-11H2,1-3H3. The molecule has 0 bridgehead atoms. The Morgan fingerprint density at radius 2 is 1.84 bits per heavy atom. The normalized spacial score (nSPS) is 23.0. The molecular weight excluding hydrogens is 332 g/mol. The van der Waals surface area contributed by atoms with Crippen LogP contribution in [0.2, 0.25) is 0 Å². The Hall–Kier alpha value is -1.66. The molecule has 2 unspecified atom stereocenters. The van der Waals surface area contributed by atoms with Crippen LogP contribution in [0, 0.1) is 19.8 Å². The van der Waals surface area contributed by atoms with Gasteiger partial charge in [0, 0.05) is 0 Å². The molecule has 0 saturated carbocycles. The topological polar surface area (TPSA) is 51.0 Å². The molecule has 2 aromatic rings. The fourth-order valence-corrected chi connectivity index (χ4v) is 5.05. The molecule has 132 valence electrons. The van der Waals surface area contributed by atoms with Gasteiger partial charge in [-0.2, -0.15) is 4.68 Å². The Labute approximate surface area is 152 Å². The molecule has 3 heterocycles. The molecule has 25 heavy (non-hydrogen) atoms. The summed E-state index contributed by atoms with van der Waals surface area (Å²) in [5.41, 5.74) is 2.46. The van der Waals surface area contributed by atoms with E-state index >= 15 is 0 Å². The Morgan fingerprint density at radius 1 is 1.16 bits per heavy atom. The highest BCUT2D eigenvalue weighted by atomic mass is 32.2. The van der Waals surface area contributed by atoms with Gasteiger partial charge in [0.15, 0.2) is 5.16 Å². The molecule has 2 aliphatic heterocycles. The van der Waals surface area contributed by atoms with Crippen LogP contribution in [-0.2, 0) is 0 Å². The van der Waals surface area contributed by atoms with Crippen LogP contribution in [0.4, 0.5) is 0 Å². The van der Waals surface area contributed by atoms with Gasteiger partial charge in [0.05, 0.1) is 6.04 Å². The average molecular weight is 356 g/mol. The van der Waals surface area contributed by atoms with E-state index in [0.29, 0.717) is 5.82 Å². The first kappa shape index (κ1) is 16.8. The van der Waals surface area contributed by atoms with E-state index in [0.717, 1.165) is 24.2 Å². The number of hydrogen-bond donors (Lipinski definition) is 0. The number of benzene rings is 1. The Kier molecular flexibility index (Phi) is 4.41. The largest absolute Gasteiger partial charge is 0.295 e. The minimum Gasteiger partial charge on any atom is -0.295 e. The first-order valence-electron chi connectivity index (χ1n) is 8.98. The van der Waals surface area contributed by atoms with Crippen molar-refractivity contribution in [3.8, 4) is 0 Å². The maximum Gasteiger partial charge on any atom is 0.264 e. The van der Waals surface area contributed by atoms with Crippen LogP contribution in [0.3, 0.4) is 0 Å². The fourth-order valence-electron chi connectivity index (χ4n) is 3.75. The summed E-state index contributed by atoms with van der Waals surface area (Å²) in [6, 6.07) is 8.70. The zero-order chi connectivity index (χ0) is 17.6. The highest BCUT2D eigenvalue weighted by Crippen LogP contribution is 2.42. The summed E-state index contributed by atoms with van der Waals surface area (Å²) in [7, 11) is 0. The minimum absolute atomic E-state index is 0.0600. The third-order valence-corrected chi connectivity index (χ3v) is 6.47. The summed E-state index contributed by atoms with van der Waals surface area (Å²) >= 11 is 1.56. The maximum absolute atomic E-state index is 13.0. The van der Waals surface area contributed by atoms with Crippen LogP contribution in [0.1, 0.15) is 47.6 Å². The third kappa shape index (κ3) is 3.13. The van der Waals surface area contributed by atoms with Crippen molar-refractivity contribution < 1.29 is 4.79 Å². The molecule has 1 saturated heterocycles. The number of carbonyl (C=O) groups is 1. The van der Waals surface area contributed by atoms with E-state index in [1.807, 2.05) is 6.92 Å². The maximum atomic E-state index is 13.0. The van der Waals surface area contributed by atoms with Gasteiger partial charge >= 0.3 is 0 Å². The zero-order valence-electron chi connectivity index (χ0n) is 15.0. The molecule has 1 aromatic heterocycles. The van der Waals surface area contributed by atoms with Gasteiger partial charge in [0.25, 0.3) is 5.91 Å². The highest BCUT2D eigenvalue weighted by Gasteiger charge is 2.43. The molecule has 2 atom stereocenters. The van der Waals surface area contributed by atoms with Gasteiger partial charge < -0.3 is 0 Å². The quantitative estimate of drug-likeness (QED) is 0.843. The van der Waals surface area contributed by atoms with Crippen molar-refractivity contribution in [3.05, 3.63) is 41.2 Å². The van der Waals surface area contributed by atoms with Gasteiger partial charge in [-0.15, -0.1) is 5.10 Å². The van der Waals surface area contributed by atoms with Crippen molar-refractivity contribution in [2.75, 3.05) is 13.1 Å². The molecule has 1 aromatic carbocycles. The van der Waals surface area contributed by atoms with Crippen LogP contribution in [-0.4, -0.2) is 43.9 Å². The Morgan fingerprint density at radius 3 is 2.48 bits per heavy atom. The second-order valence-corrected chi connectivity index (χ2v) is 8.41. The Bertz CT molecular complexity index is 777. The second-order valence-electron chi connectivity index (χ2n) is 7.30. The molecule has 0 N–H and O–H groups in total. The van der Waals surface area contributed by atoms with E-state index < -0.39 is 0 Å². The lowest BCUT2D eigenvalue weighted by molar-refractivity contribution is 0.0799. The lowest BCUT2D eigenvalue weighted by Crippen LogP contribution is -2.42. The lowest BCUT2D eigenvalue weighted by atomic mass is 9.93. The number of hydrogen-bond acceptors (Lipinski definition) is 5. The van der Waals surface area contributed by atoms with Crippen molar-refractivity contribution >= 4 is 17.7 Å². The van der Waals surface area contributed by atoms with Gasteiger partial charge in [-0.1, -0.05) is 48.5 Å². The number of nitrogens with zero attached hydrogens (tertiary/aromatic N) is 4. The van der Waals surface area contributed by atoms with Crippen molar-refractivity contribution in [1.29, 1.82) is 0 Å². The van der Waals surface area contributed by atoms with E-state index in [9.17, 15) is 4.79 Å². The first-order chi connectivity index (χ1) is 12.0. The van der Waals surface area contributed by atoms with Gasteiger partial charge in [-0.25, -0.2) is 4.98 Å². The number of thioether (sulfide) groups is 1. The second kappa shape index (κ2) is 6.57. The molecule has 4 rings (SSSR count). The van der Waals surface area contributed by atoms with Crippen LogP contribution in [0.5, 0.6) is 0 Å². The number of aryl methyl sites for hydroxylation is 2. The molecule has 2 aliphatic rings. The number of fused-ring (bicyclic) bond motifs is 1.